The largest absolute Gasteiger partial charge is 0.469 e. The molecule has 0 fully saturated rings. The molecule has 0 unspecified atom stereocenters. The predicted octanol–water partition coefficient (Wildman–Crippen LogP) is 2.08. The van der Waals surface area contributed by atoms with Crippen LogP contribution in [0.4, 0.5) is 17.5 Å². The fraction of sp³-hybridized carbons (Fsp3) is 0.267. The maximum absolute atomic E-state index is 14.0. The van der Waals surface area contributed by atoms with Crippen molar-refractivity contribution in [2.45, 2.75) is 38.1 Å². The normalized spacial score (nSPS) is 11.6. The van der Waals surface area contributed by atoms with E-state index in [1.807, 2.05) is 18.3 Å². The zero-order valence-corrected chi connectivity index (χ0v) is 23.8. The summed E-state index contributed by atoms with van der Waals surface area (Å²) in [7, 11) is 2.48. The Labute approximate surface area is 247 Å². The number of aromatic nitrogens is 3. The number of anilines is 3. The molecule has 0 spiro atoms. The number of esters is 2. The van der Waals surface area contributed by atoms with E-state index in [-0.39, 0.29) is 25.2 Å². The van der Waals surface area contributed by atoms with Gasteiger partial charge in [-0.15, -0.1) is 0 Å². The summed E-state index contributed by atoms with van der Waals surface area (Å²) in [5, 5.41) is 0.718. The second-order valence-electron chi connectivity index (χ2n) is 9.84. The minimum Gasteiger partial charge on any atom is -0.469 e. The molecule has 1 atom stereocenters. The minimum atomic E-state index is -1.15. The van der Waals surface area contributed by atoms with Gasteiger partial charge in [-0.1, -0.05) is 24.3 Å². The van der Waals surface area contributed by atoms with Crippen molar-refractivity contribution in [1.29, 1.82) is 0 Å². The number of rotatable bonds is 12. The van der Waals surface area contributed by atoms with Gasteiger partial charge in [-0.05, 0) is 60.2 Å². The number of nitrogen functional groups attached to an aromatic ring is 2. The van der Waals surface area contributed by atoms with Crippen molar-refractivity contribution >= 4 is 52.2 Å². The first-order chi connectivity index (χ1) is 20.6. The van der Waals surface area contributed by atoms with Crippen LogP contribution in [0.2, 0.25) is 0 Å². The van der Waals surface area contributed by atoms with E-state index in [9.17, 15) is 19.2 Å². The molecule has 2 amide bonds. The van der Waals surface area contributed by atoms with E-state index < -0.39 is 29.8 Å². The molecule has 0 saturated carbocycles. The number of primary amides is 1. The second kappa shape index (κ2) is 13.5. The number of methoxy groups -OCH3 is 2. The van der Waals surface area contributed by atoms with E-state index >= 15 is 0 Å². The Bertz CT molecular complexity index is 1650. The number of benzene rings is 2. The first-order valence-corrected chi connectivity index (χ1v) is 13.4. The summed E-state index contributed by atoms with van der Waals surface area (Å²) in [4.78, 5) is 62.9. The number of fused-ring (bicyclic) bond motifs is 1. The zero-order chi connectivity index (χ0) is 31.1. The van der Waals surface area contributed by atoms with E-state index in [0.29, 0.717) is 41.1 Å². The van der Waals surface area contributed by atoms with Gasteiger partial charge in [0.05, 0.1) is 26.0 Å². The third kappa shape index (κ3) is 7.25. The summed E-state index contributed by atoms with van der Waals surface area (Å²) in [6.07, 6.45) is 2.83. The molecule has 2 aromatic heterocycles. The van der Waals surface area contributed by atoms with Crippen LogP contribution in [0.1, 0.15) is 39.9 Å². The summed E-state index contributed by atoms with van der Waals surface area (Å²) in [6.45, 7) is 0. The number of nitrogens with zero attached hydrogens (tertiary/aromatic N) is 3. The zero-order valence-electron chi connectivity index (χ0n) is 23.8. The molecule has 224 valence electrons. The molecule has 4 rings (SSSR count). The average molecular weight is 588 g/mol. The van der Waals surface area contributed by atoms with Gasteiger partial charge >= 0.3 is 11.9 Å². The number of hydrogen-bond donors (Lipinski definition) is 4. The number of nitrogens with one attached hydrogen (secondary N) is 1. The monoisotopic (exact) mass is 587 g/mol. The Morgan fingerprint density at radius 2 is 1.70 bits per heavy atom. The summed E-state index contributed by atoms with van der Waals surface area (Å²) >= 11 is 0. The Morgan fingerprint density at radius 1 is 0.953 bits per heavy atom. The smallest absolute Gasteiger partial charge is 0.328 e. The van der Waals surface area contributed by atoms with E-state index in [0.717, 1.165) is 16.5 Å². The number of nitrogens with two attached hydrogens (primary N) is 3. The van der Waals surface area contributed by atoms with Crippen molar-refractivity contribution in [2.24, 2.45) is 5.73 Å². The number of H-pyrrole nitrogens is 1. The highest BCUT2D eigenvalue weighted by atomic mass is 16.5. The topological polar surface area (TPSA) is 210 Å². The highest BCUT2D eigenvalue weighted by Crippen LogP contribution is 2.27. The molecule has 0 aliphatic rings. The van der Waals surface area contributed by atoms with Crippen LogP contribution < -0.4 is 22.1 Å². The van der Waals surface area contributed by atoms with Crippen LogP contribution in [0.3, 0.4) is 0 Å². The van der Waals surface area contributed by atoms with Crippen LogP contribution in [0.15, 0.2) is 54.7 Å². The van der Waals surface area contributed by atoms with Gasteiger partial charge in [-0.2, -0.15) is 9.97 Å². The van der Waals surface area contributed by atoms with E-state index in [1.165, 1.54) is 19.1 Å². The van der Waals surface area contributed by atoms with Crippen LogP contribution in [0.5, 0.6) is 0 Å². The molecule has 0 radical (unpaired) electrons. The lowest BCUT2D eigenvalue weighted by atomic mass is 10.0. The van der Waals surface area contributed by atoms with Gasteiger partial charge in [-0.25, -0.2) is 4.79 Å². The molecule has 13 nitrogen and oxygen atoms in total. The molecule has 13 heteroatoms. The van der Waals surface area contributed by atoms with E-state index in [1.54, 1.807) is 36.4 Å². The number of aromatic amines is 1. The number of amides is 2. The van der Waals surface area contributed by atoms with Crippen LogP contribution in [0, 0.1) is 0 Å². The number of ether oxygens (including phenoxy) is 2. The van der Waals surface area contributed by atoms with Crippen molar-refractivity contribution in [3.8, 4) is 0 Å². The number of carbonyl (C=O) groups excluding carboxylic acids is 4. The predicted molar refractivity (Wildman–Crippen MR) is 160 cm³/mol. The quantitative estimate of drug-likeness (QED) is 0.177. The number of aryl methyl sites for hydroxylation is 2. The fourth-order valence-corrected chi connectivity index (χ4v) is 4.84. The summed E-state index contributed by atoms with van der Waals surface area (Å²) in [6, 6.07) is 12.4. The molecule has 0 bridgehead atoms. The van der Waals surface area contributed by atoms with Crippen LogP contribution in [-0.2, 0) is 43.1 Å². The highest BCUT2D eigenvalue weighted by Gasteiger charge is 2.33. The average Bonchev–Trinajstić information content (AvgIpc) is 3.40. The summed E-state index contributed by atoms with van der Waals surface area (Å²) in [5.74, 6) is -1.92. The maximum Gasteiger partial charge on any atom is 0.328 e. The van der Waals surface area contributed by atoms with Gasteiger partial charge in [0.25, 0.3) is 5.91 Å². The van der Waals surface area contributed by atoms with Gasteiger partial charge in [0.15, 0.2) is 0 Å². The lowest BCUT2D eigenvalue weighted by molar-refractivity contribution is -0.142. The van der Waals surface area contributed by atoms with Crippen molar-refractivity contribution in [1.82, 2.24) is 15.0 Å². The first kappa shape index (κ1) is 30.5. The molecule has 0 aliphatic carbocycles. The highest BCUT2D eigenvalue weighted by molar-refractivity contribution is 6.09. The second-order valence-corrected chi connectivity index (χ2v) is 9.84. The fourth-order valence-electron chi connectivity index (χ4n) is 4.84. The Morgan fingerprint density at radius 3 is 2.37 bits per heavy atom. The van der Waals surface area contributed by atoms with Gasteiger partial charge in [0, 0.05) is 23.9 Å². The number of hydrogen-bond acceptors (Lipinski definition) is 10. The molecule has 2 heterocycles. The lowest BCUT2D eigenvalue weighted by Gasteiger charge is -2.30. The molecule has 43 heavy (non-hydrogen) atoms. The third-order valence-corrected chi connectivity index (χ3v) is 6.98. The van der Waals surface area contributed by atoms with Crippen molar-refractivity contribution in [3.05, 3.63) is 77.0 Å². The molecule has 0 aliphatic heterocycles. The Hall–Kier alpha value is -5.46. The molecule has 2 aromatic carbocycles. The maximum atomic E-state index is 14.0. The number of carbonyl (C=O) groups is 4. The third-order valence-electron chi connectivity index (χ3n) is 6.98. The summed E-state index contributed by atoms with van der Waals surface area (Å²) < 4.78 is 9.75. The van der Waals surface area contributed by atoms with Gasteiger partial charge < -0.3 is 31.7 Å². The van der Waals surface area contributed by atoms with E-state index in [2.05, 4.69) is 15.0 Å². The SMILES string of the molecule is COC(=O)Cc1cccc(N(C(=O)c2ccc(CCc3c[nH]c4nc(N)nc(N)c34)cc2)[C@@H](CCC(N)=O)C(=O)OC)c1. The van der Waals surface area contributed by atoms with Crippen molar-refractivity contribution in [3.63, 3.8) is 0 Å². The van der Waals surface area contributed by atoms with Crippen molar-refractivity contribution in [2.75, 3.05) is 30.6 Å². The van der Waals surface area contributed by atoms with Gasteiger partial charge in [-0.3, -0.25) is 19.3 Å². The Kier molecular flexibility index (Phi) is 9.55. The summed E-state index contributed by atoms with van der Waals surface area (Å²) in [5.41, 5.74) is 20.8. The molecular formula is C30H33N7O6. The van der Waals surface area contributed by atoms with Crippen molar-refractivity contribution < 1.29 is 28.7 Å². The first-order valence-electron chi connectivity index (χ1n) is 13.4. The lowest BCUT2D eigenvalue weighted by Crippen LogP contribution is -2.46. The van der Waals surface area contributed by atoms with Crippen LogP contribution >= 0.6 is 0 Å². The molecular weight excluding hydrogens is 554 g/mol. The molecule has 7 N–H and O–H groups in total. The van der Waals surface area contributed by atoms with E-state index in [4.69, 9.17) is 26.7 Å². The molecule has 0 saturated heterocycles. The standard InChI is InChI=1S/C30H33N7O6/c1-42-24(39)15-18-4-3-5-21(14-18)37(22(29(41)43-2)12-13-23(31)38)28(40)19-9-6-17(7-10-19)8-11-20-16-34-27-25(20)26(32)35-30(33)36-27/h3-7,9-10,14,16,22H,8,11-13,15H2,1-2H3,(H2,31,38)(H5,32,33,34,35,36)/t22-/m0/s1. The Balaban J connectivity index is 1.61. The van der Waals surface area contributed by atoms with Crippen LogP contribution in [-0.4, -0.2) is 59.0 Å². The van der Waals surface area contributed by atoms with Crippen LogP contribution in [0.25, 0.3) is 11.0 Å². The van der Waals surface area contributed by atoms with Gasteiger partial charge in [0.1, 0.15) is 17.5 Å². The molecule has 4 aromatic rings. The van der Waals surface area contributed by atoms with Gasteiger partial charge in [0.2, 0.25) is 11.9 Å². The minimum absolute atomic E-state index is 0.0349.